The molecule has 0 aromatic heterocycles. The van der Waals surface area contributed by atoms with Gasteiger partial charge in [-0.15, -0.1) is 0 Å². The minimum atomic E-state index is -3.98. The normalized spacial score (nSPS) is 14.6. The summed E-state index contributed by atoms with van der Waals surface area (Å²) in [6.45, 7) is 4.51. The van der Waals surface area contributed by atoms with Crippen LogP contribution in [0.5, 0.6) is 0 Å². The molecule has 1 rings (SSSR count). The zero-order valence-corrected chi connectivity index (χ0v) is 10.8. The standard InChI is InChI=1S/C11H16FNO3S/c1-8(14)11(2,3)13-17(15,16)10-7-5-4-6-9(10)12/h4-8,13-14H,1-3H3. The van der Waals surface area contributed by atoms with Gasteiger partial charge in [0.2, 0.25) is 10.0 Å². The summed E-state index contributed by atoms with van der Waals surface area (Å²) in [4.78, 5) is -0.422. The van der Waals surface area contributed by atoms with E-state index in [4.69, 9.17) is 0 Å². The van der Waals surface area contributed by atoms with Gasteiger partial charge in [-0.2, -0.15) is 0 Å². The molecule has 1 aromatic carbocycles. The maximum absolute atomic E-state index is 13.4. The Bertz CT molecular complexity index is 497. The molecule has 0 aliphatic heterocycles. The zero-order valence-electron chi connectivity index (χ0n) is 9.94. The first-order chi connectivity index (χ1) is 7.67. The summed E-state index contributed by atoms with van der Waals surface area (Å²) >= 11 is 0. The topological polar surface area (TPSA) is 66.4 Å². The lowest BCUT2D eigenvalue weighted by Crippen LogP contribution is -2.50. The van der Waals surface area contributed by atoms with Crippen LogP contribution in [0, 0.1) is 5.82 Å². The highest BCUT2D eigenvalue weighted by atomic mass is 32.2. The molecule has 2 N–H and O–H groups in total. The van der Waals surface area contributed by atoms with Crippen LogP contribution in [0.2, 0.25) is 0 Å². The fraction of sp³-hybridized carbons (Fsp3) is 0.455. The molecule has 0 aliphatic carbocycles. The van der Waals surface area contributed by atoms with E-state index in [-0.39, 0.29) is 0 Å². The van der Waals surface area contributed by atoms with Crippen LogP contribution in [-0.2, 0) is 10.0 Å². The second-order valence-electron chi connectivity index (χ2n) is 4.43. The summed E-state index contributed by atoms with van der Waals surface area (Å²) in [5.41, 5.74) is -1.07. The van der Waals surface area contributed by atoms with E-state index < -0.39 is 32.4 Å². The van der Waals surface area contributed by atoms with E-state index in [1.807, 2.05) is 0 Å². The molecule has 17 heavy (non-hydrogen) atoms. The molecule has 0 spiro atoms. The molecule has 4 nitrogen and oxygen atoms in total. The molecule has 0 radical (unpaired) electrons. The molecular weight excluding hydrogens is 245 g/mol. The number of hydrogen-bond acceptors (Lipinski definition) is 3. The average Bonchev–Trinajstić information content (AvgIpc) is 2.16. The summed E-state index contributed by atoms with van der Waals surface area (Å²) in [6.07, 6.45) is -0.899. The Labute approximate surface area is 101 Å². The Kier molecular flexibility index (Phi) is 3.91. The van der Waals surface area contributed by atoms with Crippen molar-refractivity contribution in [3.05, 3.63) is 30.1 Å². The van der Waals surface area contributed by atoms with Crippen LogP contribution in [0.4, 0.5) is 4.39 Å². The SMILES string of the molecule is CC(O)C(C)(C)NS(=O)(=O)c1ccccc1F. The predicted octanol–water partition coefficient (Wildman–Crippen LogP) is 1.26. The largest absolute Gasteiger partial charge is 0.391 e. The van der Waals surface area contributed by atoms with Gasteiger partial charge in [0, 0.05) is 0 Å². The maximum atomic E-state index is 13.4. The highest BCUT2D eigenvalue weighted by Gasteiger charge is 2.31. The predicted molar refractivity (Wildman–Crippen MR) is 62.5 cm³/mol. The molecule has 1 aromatic rings. The molecule has 1 atom stereocenters. The van der Waals surface area contributed by atoms with E-state index in [9.17, 15) is 17.9 Å². The smallest absolute Gasteiger partial charge is 0.244 e. The number of aliphatic hydroxyl groups is 1. The van der Waals surface area contributed by atoms with E-state index in [1.54, 1.807) is 0 Å². The fourth-order valence-corrected chi connectivity index (χ4v) is 2.70. The number of halogens is 1. The summed E-state index contributed by atoms with van der Waals surface area (Å²) in [5, 5.41) is 9.44. The molecule has 6 heteroatoms. The van der Waals surface area contributed by atoms with Crippen LogP contribution in [0.1, 0.15) is 20.8 Å². The second-order valence-corrected chi connectivity index (χ2v) is 6.08. The van der Waals surface area contributed by atoms with Crippen molar-refractivity contribution >= 4 is 10.0 Å². The number of rotatable bonds is 4. The van der Waals surface area contributed by atoms with Gasteiger partial charge in [-0.05, 0) is 32.9 Å². The van der Waals surface area contributed by atoms with E-state index >= 15 is 0 Å². The third-order valence-corrected chi connectivity index (χ3v) is 4.27. The minimum absolute atomic E-state index is 0.422. The Morgan fingerprint density at radius 1 is 1.35 bits per heavy atom. The molecular formula is C11H16FNO3S. The Hall–Kier alpha value is -0.980. The summed E-state index contributed by atoms with van der Waals surface area (Å²) in [6, 6.07) is 5.10. The Morgan fingerprint density at radius 2 is 1.88 bits per heavy atom. The first-order valence-corrected chi connectivity index (χ1v) is 6.62. The van der Waals surface area contributed by atoms with Crippen LogP contribution >= 0.6 is 0 Å². The zero-order chi connectivity index (χ0) is 13.3. The number of hydrogen-bond donors (Lipinski definition) is 2. The van der Waals surface area contributed by atoms with Crippen molar-refractivity contribution in [2.24, 2.45) is 0 Å². The van der Waals surface area contributed by atoms with Crippen molar-refractivity contribution in [2.75, 3.05) is 0 Å². The third-order valence-electron chi connectivity index (χ3n) is 2.57. The van der Waals surface area contributed by atoms with E-state index in [0.717, 1.165) is 6.07 Å². The van der Waals surface area contributed by atoms with Gasteiger partial charge in [-0.25, -0.2) is 17.5 Å². The summed E-state index contributed by atoms with van der Waals surface area (Å²) in [7, 11) is -3.98. The highest BCUT2D eigenvalue weighted by Crippen LogP contribution is 2.18. The van der Waals surface area contributed by atoms with Crippen molar-refractivity contribution in [2.45, 2.75) is 37.3 Å². The van der Waals surface area contributed by atoms with E-state index in [2.05, 4.69) is 4.72 Å². The molecule has 0 amide bonds. The van der Waals surface area contributed by atoms with Crippen LogP contribution < -0.4 is 4.72 Å². The maximum Gasteiger partial charge on any atom is 0.244 e. The molecule has 0 saturated heterocycles. The van der Waals surface area contributed by atoms with E-state index in [0.29, 0.717) is 0 Å². The van der Waals surface area contributed by atoms with Gasteiger partial charge in [-0.1, -0.05) is 12.1 Å². The van der Waals surface area contributed by atoms with Gasteiger partial charge in [-0.3, -0.25) is 0 Å². The Morgan fingerprint density at radius 3 is 2.35 bits per heavy atom. The molecule has 0 saturated carbocycles. The number of aliphatic hydroxyl groups excluding tert-OH is 1. The van der Waals surface area contributed by atoms with Gasteiger partial charge >= 0.3 is 0 Å². The number of benzene rings is 1. The lowest BCUT2D eigenvalue weighted by molar-refractivity contribution is 0.111. The first kappa shape index (κ1) is 14.1. The third kappa shape index (κ3) is 3.24. The van der Waals surface area contributed by atoms with Crippen molar-refractivity contribution in [1.29, 1.82) is 0 Å². The van der Waals surface area contributed by atoms with Crippen LogP contribution in [-0.4, -0.2) is 25.2 Å². The highest BCUT2D eigenvalue weighted by molar-refractivity contribution is 7.89. The van der Waals surface area contributed by atoms with Crippen LogP contribution in [0.3, 0.4) is 0 Å². The molecule has 96 valence electrons. The van der Waals surface area contributed by atoms with Crippen molar-refractivity contribution < 1.29 is 17.9 Å². The first-order valence-electron chi connectivity index (χ1n) is 5.13. The average molecular weight is 261 g/mol. The van der Waals surface area contributed by atoms with E-state index in [1.165, 1.54) is 39.0 Å². The quantitative estimate of drug-likeness (QED) is 0.857. The van der Waals surface area contributed by atoms with Crippen LogP contribution in [0.25, 0.3) is 0 Å². The summed E-state index contributed by atoms with van der Waals surface area (Å²) in [5.74, 6) is -0.818. The van der Waals surface area contributed by atoms with Crippen molar-refractivity contribution in [1.82, 2.24) is 4.72 Å². The van der Waals surface area contributed by atoms with Gasteiger partial charge in [0.05, 0.1) is 11.6 Å². The lowest BCUT2D eigenvalue weighted by atomic mass is 10.0. The minimum Gasteiger partial charge on any atom is -0.391 e. The molecule has 0 bridgehead atoms. The van der Waals surface area contributed by atoms with Crippen LogP contribution in [0.15, 0.2) is 29.2 Å². The fourth-order valence-electron chi connectivity index (χ4n) is 1.15. The lowest BCUT2D eigenvalue weighted by Gasteiger charge is -2.28. The second kappa shape index (κ2) is 4.72. The van der Waals surface area contributed by atoms with Crippen molar-refractivity contribution in [3.63, 3.8) is 0 Å². The monoisotopic (exact) mass is 261 g/mol. The molecule has 0 aliphatic rings. The number of nitrogens with one attached hydrogen (secondary N) is 1. The molecule has 0 heterocycles. The van der Waals surface area contributed by atoms with Gasteiger partial charge in [0.1, 0.15) is 10.7 Å². The van der Waals surface area contributed by atoms with Crippen molar-refractivity contribution in [3.8, 4) is 0 Å². The molecule has 1 unspecified atom stereocenters. The molecule has 0 fully saturated rings. The summed E-state index contributed by atoms with van der Waals surface area (Å²) < 4.78 is 39.5. The van der Waals surface area contributed by atoms with Gasteiger partial charge in [0.15, 0.2) is 0 Å². The number of sulfonamides is 1. The van der Waals surface area contributed by atoms with Gasteiger partial charge < -0.3 is 5.11 Å². The Balaban J connectivity index is 3.11. The van der Waals surface area contributed by atoms with Gasteiger partial charge in [0.25, 0.3) is 0 Å².